The molecule has 0 aliphatic rings. The first-order valence-electron chi connectivity index (χ1n) is 6.60. The molecular formula is C16H12ClN3OS. The van der Waals surface area contributed by atoms with E-state index in [4.69, 9.17) is 11.6 Å². The number of hydrogen-bond donors (Lipinski definition) is 1. The lowest BCUT2D eigenvalue weighted by atomic mass is 10.1. The number of carbonyl (C=O) groups is 1. The van der Waals surface area contributed by atoms with Crippen molar-refractivity contribution < 1.29 is 4.79 Å². The second kappa shape index (κ2) is 6.68. The SMILES string of the molecule is O=C(NCc1nccnc1-c1ccsc1)c1ccc(Cl)cc1. The number of thiophene rings is 1. The van der Waals surface area contributed by atoms with Crippen LogP contribution in [0, 0.1) is 0 Å². The van der Waals surface area contributed by atoms with Crippen molar-refractivity contribution in [3.63, 3.8) is 0 Å². The van der Waals surface area contributed by atoms with Crippen LogP contribution < -0.4 is 5.32 Å². The van der Waals surface area contributed by atoms with E-state index >= 15 is 0 Å². The molecule has 0 saturated heterocycles. The predicted octanol–water partition coefficient (Wildman–Crippen LogP) is 3.79. The molecule has 1 N–H and O–H groups in total. The zero-order chi connectivity index (χ0) is 15.4. The second-order valence-electron chi connectivity index (χ2n) is 4.55. The highest BCUT2D eigenvalue weighted by Gasteiger charge is 2.10. The first-order chi connectivity index (χ1) is 10.7. The molecule has 110 valence electrons. The van der Waals surface area contributed by atoms with Gasteiger partial charge in [-0.15, -0.1) is 0 Å². The Morgan fingerprint density at radius 3 is 2.64 bits per heavy atom. The summed E-state index contributed by atoms with van der Waals surface area (Å²) in [5.41, 5.74) is 3.10. The summed E-state index contributed by atoms with van der Waals surface area (Å²) in [7, 11) is 0. The van der Waals surface area contributed by atoms with E-state index in [-0.39, 0.29) is 5.91 Å². The molecule has 1 amide bonds. The Morgan fingerprint density at radius 2 is 1.91 bits per heavy atom. The van der Waals surface area contributed by atoms with Crippen molar-refractivity contribution in [1.29, 1.82) is 0 Å². The lowest BCUT2D eigenvalue weighted by Gasteiger charge is -2.08. The van der Waals surface area contributed by atoms with Crippen LogP contribution >= 0.6 is 22.9 Å². The van der Waals surface area contributed by atoms with E-state index in [9.17, 15) is 4.79 Å². The number of amides is 1. The number of halogens is 1. The predicted molar refractivity (Wildman–Crippen MR) is 88.0 cm³/mol. The van der Waals surface area contributed by atoms with Gasteiger partial charge >= 0.3 is 0 Å². The van der Waals surface area contributed by atoms with Crippen molar-refractivity contribution >= 4 is 28.8 Å². The molecule has 2 heterocycles. The molecule has 3 aromatic rings. The van der Waals surface area contributed by atoms with Crippen molar-refractivity contribution in [2.75, 3.05) is 0 Å². The Balaban J connectivity index is 1.74. The first-order valence-corrected chi connectivity index (χ1v) is 7.92. The summed E-state index contributed by atoms with van der Waals surface area (Å²) < 4.78 is 0. The maximum atomic E-state index is 12.1. The minimum atomic E-state index is -0.168. The summed E-state index contributed by atoms with van der Waals surface area (Å²) in [6, 6.07) is 8.74. The highest BCUT2D eigenvalue weighted by molar-refractivity contribution is 7.08. The molecule has 0 unspecified atom stereocenters. The number of nitrogens with zero attached hydrogens (tertiary/aromatic N) is 2. The number of carbonyl (C=O) groups excluding carboxylic acids is 1. The van der Waals surface area contributed by atoms with E-state index in [1.54, 1.807) is 48.0 Å². The van der Waals surface area contributed by atoms with Gasteiger partial charge in [-0.3, -0.25) is 14.8 Å². The molecule has 1 aromatic carbocycles. The average molecular weight is 330 g/mol. The van der Waals surface area contributed by atoms with Crippen LogP contribution in [-0.4, -0.2) is 15.9 Å². The van der Waals surface area contributed by atoms with Crippen LogP contribution in [0.25, 0.3) is 11.3 Å². The van der Waals surface area contributed by atoms with Crippen LogP contribution in [0.5, 0.6) is 0 Å². The minimum absolute atomic E-state index is 0.168. The van der Waals surface area contributed by atoms with E-state index in [0.29, 0.717) is 17.1 Å². The molecule has 0 bridgehead atoms. The van der Waals surface area contributed by atoms with Crippen LogP contribution in [0.15, 0.2) is 53.5 Å². The van der Waals surface area contributed by atoms with Crippen LogP contribution in [0.3, 0.4) is 0 Å². The molecule has 22 heavy (non-hydrogen) atoms. The van der Waals surface area contributed by atoms with Crippen LogP contribution in [-0.2, 0) is 6.54 Å². The maximum Gasteiger partial charge on any atom is 0.251 e. The van der Waals surface area contributed by atoms with Gasteiger partial charge in [0.1, 0.15) is 0 Å². The summed E-state index contributed by atoms with van der Waals surface area (Å²) >= 11 is 7.42. The molecule has 2 aromatic heterocycles. The molecule has 0 radical (unpaired) electrons. The Labute approximate surface area is 136 Å². The number of rotatable bonds is 4. The number of hydrogen-bond acceptors (Lipinski definition) is 4. The summed E-state index contributed by atoms with van der Waals surface area (Å²) in [5.74, 6) is -0.168. The fraction of sp³-hybridized carbons (Fsp3) is 0.0625. The second-order valence-corrected chi connectivity index (χ2v) is 5.77. The quantitative estimate of drug-likeness (QED) is 0.792. The van der Waals surface area contributed by atoms with E-state index < -0.39 is 0 Å². The monoisotopic (exact) mass is 329 g/mol. The third-order valence-electron chi connectivity index (χ3n) is 3.09. The Bertz CT molecular complexity index is 772. The topological polar surface area (TPSA) is 54.9 Å². The third-order valence-corrected chi connectivity index (χ3v) is 4.03. The largest absolute Gasteiger partial charge is 0.346 e. The lowest BCUT2D eigenvalue weighted by Crippen LogP contribution is -2.23. The standard InChI is InChI=1S/C16H12ClN3OS/c17-13-3-1-11(2-4-13)16(21)20-9-14-15(19-7-6-18-14)12-5-8-22-10-12/h1-8,10H,9H2,(H,20,21). The Kier molecular flexibility index (Phi) is 4.46. The molecule has 6 heteroatoms. The molecule has 0 aliphatic carbocycles. The highest BCUT2D eigenvalue weighted by Crippen LogP contribution is 2.22. The van der Waals surface area contributed by atoms with Gasteiger partial charge in [0, 0.05) is 33.9 Å². The zero-order valence-corrected chi connectivity index (χ0v) is 13.1. The molecule has 0 saturated carbocycles. The normalized spacial score (nSPS) is 10.4. The van der Waals surface area contributed by atoms with Gasteiger partial charge in [0.2, 0.25) is 0 Å². The van der Waals surface area contributed by atoms with Gasteiger partial charge in [-0.05, 0) is 35.7 Å². The summed E-state index contributed by atoms with van der Waals surface area (Å²) in [6.07, 6.45) is 3.27. The van der Waals surface area contributed by atoms with Crippen molar-refractivity contribution in [1.82, 2.24) is 15.3 Å². The van der Waals surface area contributed by atoms with Gasteiger partial charge < -0.3 is 5.32 Å². The van der Waals surface area contributed by atoms with E-state index in [1.807, 2.05) is 16.8 Å². The molecule has 0 fully saturated rings. The smallest absolute Gasteiger partial charge is 0.251 e. The first kappa shape index (κ1) is 14.7. The zero-order valence-electron chi connectivity index (χ0n) is 11.5. The molecule has 3 rings (SSSR count). The van der Waals surface area contributed by atoms with Gasteiger partial charge in [0.05, 0.1) is 17.9 Å². The van der Waals surface area contributed by atoms with Crippen LogP contribution in [0.1, 0.15) is 16.1 Å². The van der Waals surface area contributed by atoms with Gasteiger partial charge in [0.25, 0.3) is 5.91 Å². The van der Waals surface area contributed by atoms with Crippen molar-refractivity contribution in [3.05, 3.63) is 69.8 Å². The van der Waals surface area contributed by atoms with Crippen LogP contribution in [0.2, 0.25) is 5.02 Å². The fourth-order valence-electron chi connectivity index (χ4n) is 2.00. The van der Waals surface area contributed by atoms with E-state index in [2.05, 4.69) is 15.3 Å². The van der Waals surface area contributed by atoms with Crippen LogP contribution in [0.4, 0.5) is 0 Å². The van der Waals surface area contributed by atoms with E-state index in [0.717, 1.165) is 17.0 Å². The lowest BCUT2D eigenvalue weighted by molar-refractivity contribution is 0.0950. The Hall–Kier alpha value is -2.24. The molecule has 0 aliphatic heterocycles. The maximum absolute atomic E-state index is 12.1. The van der Waals surface area contributed by atoms with Crippen molar-refractivity contribution in [3.8, 4) is 11.3 Å². The summed E-state index contributed by atoms with van der Waals surface area (Å²) in [6.45, 7) is 0.320. The van der Waals surface area contributed by atoms with Crippen molar-refractivity contribution in [2.45, 2.75) is 6.54 Å². The Morgan fingerprint density at radius 1 is 1.14 bits per heavy atom. The van der Waals surface area contributed by atoms with Gasteiger partial charge in [-0.2, -0.15) is 11.3 Å². The molecule has 0 atom stereocenters. The number of aromatic nitrogens is 2. The van der Waals surface area contributed by atoms with E-state index in [1.165, 1.54) is 0 Å². The van der Waals surface area contributed by atoms with Crippen molar-refractivity contribution in [2.24, 2.45) is 0 Å². The summed E-state index contributed by atoms with van der Waals surface area (Å²) in [4.78, 5) is 20.8. The number of nitrogens with one attached hydrogen (secondary N) is 1. The van der Waals surface area contributed by atoms with Gasteiger partial charge in [0.15, 0.2) is 0 Å². The highest BCUT2D eigenvalue weighted by atomic mass is 35.5. The molecular weight excluding hydrogens is 318 g/mol. The average Bonchev–Trinajstić information content (AvgIpc) is 3.08. The fourth-order valence-corrected chi connectivity index (χ4v) is 2.77. The number of benzene rings is 1. The van der Waals surface area contributed by atoms with Gasteiger partial charge in [-0.25, -0.2) is 0 Å². The minimum Gasteiger partial charge on any atom is -0.346 e. The summed E-state index contributed by atoms with van der Waals surface area (Å²) in [5, 5.41) is 7.45. The third kappa shape index (κ3) is 3.32. The van der Waals surface area contributed by atoms with Gasteiger partial charge in [-0.1, -0.05) is 11.6 Å². The molecule has 4 nitrogen and oxygen atoms in total. The molecule has 0 spiro atoms.